The molecule has 84 valence electrons. The number of nitrogen functional groups attached to an aromatic ring is 1. The van der Waals surface area contributed by atoms with E-state index < -0.39 is 0 Å². The van der Waals surface area contributed by atoms with Gasteiger partial charge in [-0.25, -0.2) is 0 Å². The summed E-state index contributed by atoms with van der Waals surface area (Å²) in [5.41, 5.74) is 8.95. The van der Waals surface area contributed by atoms with Gasteiger partial charge in [0.1, 0.15) is 0 Å². The van der Waals surface area contributed by atoms with Crippen molar-refractivity contribution < 1.29 is 0 Å². The zero-order valence-electron chi connectivity index (χ0n) is 9.22. The SMILES string of the molecule is N#Cc1ccc(N)c(NCc2ccncc2)c1. The van der Waals surface area contributed by atoms with Gasteiger partial charge in [-0.3, -0.25) is 4.98 Å². The van der Waals surface area contributed by atoms with Crippen LogP contribution in [-0.4, -0.2) is 4.98 Å². The average molecular weight is 224 g/mol. The molecule has 2 rings (SSSR count). The van der Waals surface area contributed by atoms with Gasteiger partial charge in [0.25, 0.3) is 0 Å². The molecule has 17 heavy (non-hydrogen) atoms. The average Bonchev–Trinajstić information content (AvgIpc) is 2.39. The van der Waals surface area contributed by atoms with Crippen LogP contribution in [0.5, 0.6) is 0 Å². The Balaban J connectivity index is 2.12. The Morgan fingerprint density at radius 2 is 2.00 bits per heavy atom. The molecule has 4 nitrogen and oxygen atoms in total. The molecule has 3 N–H and O–H groups in total. The first-order valence-corrected chi connectivity index (χ1v) is 5.22. The van der Waals surface area contributed by atoms with Crippen molar-refractivity contribution in [2.24, 2.45) is 0 Å². The number of benzene rings is 1. The molecule has 1 aromatic carbocycles. The van der Waals surface area contributed by atoms with E-state index in [1.165, 1.54) is 0 Å². The molecule has 1 aromatic heterocycles. The van der Waals surface area contributed by atoms with Crippen LogP contribution in [0.4, 0.5) is 11.4 Å². The van der Waals surface area contributed by atoms with E-state index in [1.807, 2.05) is 12.1 Å². The van der Waals surface area contributed by atoms with Crippen LogP contribution in [0, 0.1) is 11.3 Å². The number of pyridine rings is 1. The number of hydrogen-bond donors (Lipinski definition) is 2. The maximum atomic E-state index is 8.81. The molecule has 0 aliphatic carbocycles. The fraction of sp³-hybridized carbons (Fsp3) is 0.0769. The Morgan fingerprint density at radius 1 is 1.24 bits per heavy atom. The summed E-state index contributed by atoms with van der Waals surface area (Å²) in [5, 5.41) is 12.0. The van der Waals surface area contributed by atoms with Gasteiger partial charge in [-0.2, -0.15) is 5.26 Å². The molecule has 0 atom stereocenters. The van der Waals surface area contributed by atoms with Crippen LogP contribution < -0.4 is 11.1 Å². The highest BCUT2D eigenvalue weighted by atomic mass is 14.9. The molecular formula is C13H12N4. The zero-order valence-corrected chi connectivity index (χ0v) is 9.22. The number of aromatic nitrogens is 1. The molecule has 0 radical (unpaired) electrons. The summed E-state index contributed by atoms with van der Waals surface area (Å²) in [7, 11) is 0. The quantitative estimate of drug-likeness (QED) is 0.783. The van der Waals surface area contributed by atoms with Crippen LogP contribution >= 0.6 is 0 Å². The van der Waals surface area contributed by atoms with Crippen molar-refractivity contribution in [2.45, 2.75) is 6.54 Å². The van der Waals surface area contributed by atoms with Gasteiger partial charge < -0.3 is 11.1 Å². The molecule has 0 saturated carbocycles. The molecule has 1 heterocycles. The van der Waals surface area contributed by atoms with E-state index in [2.05, 4.69) is 16.4 Å². The van der Waals surface area contributed by atoms with E-state index in [9.17, 15) is 0 Å². The Bertz CT molecular complexity index is 543. The highest BCUT2D eigenvalue weighted by Crippen LogP contribution is 2.20. The molecule has 0 aliphatic rings. The van der Waals surface area contributed by atoms with Gasteiger partial charge in [-0.1, -0.05) is 0 Å². The van der Waals surface area contributed by atoms with Crippen molar-refractivity contribution in [3.63, 3.8) is 0 Å². The first kappa shape index (κ1) is 11.0. The van der Waals surface area contributed by atoms with Crippen LogP contribution in [0.15, 0.2) is 42.7 Å². The van der Waals surface area contributed by atoms with E-state index in [1.54, 1.807) is 30.6 Å². The molecule has 0 bridgehead atoms. The molecule has 0 amide bonds. The van der Waals surface area contributed by atoms with E-state index in [0.717, 1.165) is 11.3 Å². The summed E-state index contributed by atoms with van der Waals surface area (Å²) in [5.74, 6) is 0. The minimum atomic E-state index is 0.594. The third-order valence-electron chi connectivity index (χ3n) is 2.41. The highest BCUT2D eigenvalue weighted by Gasteiger charge is 2.00. The van der Waals surface area contributed by atoms with Gasteiger partial charge in [0.05, 0.1) is 23.0 Å². The van der Waals surface area contributed by atoms with E-state index >= 15 is 0 Å². The van der Waals surface area contributed by atoms with E-state index in [0.29, 0.717) is 17.8 Å². The lowest BCUT2D eigenvalue weighted by Crippen LogP contribution is -2.02. The molecule has 0 spiro atoms. The van der Waals surface area contributed by atoms with Gasteiger partial charge >= 0.3 is 0 Å². The van der Waals surface area contributed by atoms with Crippen molar-refractivity contribution >= 4 is 11.4 Å². The summed E-state index contributed by atoms with van der Waals surface area (Å²) in [4.78, 5) is 3.95. The van der Waals surface area contributed by atoms with Gasteiger partial charge in [0.2, 0.25) is 0 Å². The van der Waals surface area contributed by atoms with Crippen molar-refractivity contribution in [3.05, 3.63) is 53.9 Å². The molecule has 2 aromatic rings. The Hall–Kier alpha value is -2.54. The van der Waals surface area contributed by atoms with Gasteiger partial charge in [-0.15, -0.1) is 0 Å². The van der Waals surface area contributed by atoms with Crippen LogP contribution in [0.2, 0.25) is 0 Å². The summed E-state index contributed by atoms with van der Waals surface area (Å²) >= 11 is 0. The summed E-state index contributed by atoms with van der Waals surface area (Å²) in [6.45, 7) is 0.654. The Kier molecular flexibility index (Phi) is 3.22. The number of nitrogens with two attached hydrogens (primary N) is 1. The number of anilines is 2. The topological polar surface area (TPSA) is 74.7 Å². The van der Waals surface area contributed by atoms with E-state index in [-0.39, 0.29) is 0 Å². The molecule has 0 aliphatic heterocycles. The van der Waals surface area contributed by atoms with Crippen molar-refractivity contribution in [2.75, 3.05) is 11.1 Å². The van der Waals surface area contributed by atoms with Gasteiger partial charge in [0, 0.05) is 18.9 Å². The van der Waals surface area contributed by atoms with Crippen LogP contribution in [0.1, 0.15) is 11.1 Å². The number of nitriles is 1. The summed E-state index contributed by atoms with van der Waals surface area (Å²) in [6, 6.07) is 11.1. The molecule has 0 saturated heterocycles. The van der Waals surface area contributed by atoms with Crippen LogP contribution in [0.25, 0.3) is 0 Å². The van der Waals surface area contributed by atoms with Crippen molar-refractivity contribution in [1.29, 1.82) is 5.26 Å². The minimum absolute atomic E-state index is 0.594. The van der Waals surface area contributed by atoms with Gasteiger partial charge in [0.15, 0.2) is 0 Å². The molecule has 0 unspecified atom stereocenters. The highest BCUT2D eigenvalue weighted by molar-refractivity contribution is 5.68. The fourth-order valence-corrected chi connectivity index (χ4v) is 1.48. The standard InChI is InChI=1S/C13H12N4/c14-8-11-1-2-12(15)13(7-11)17-9-10-3-5-16-6-4-10/h1-7,17H,9,15H2. The smallest absolute Gasteiger partial charge is 0.0992 e. The summed E-state index contributed by atoms with van der Waals surface area (Å²) < 4.78 is 0. The van der Waals surface area contributed by atoms with Crippen molar-refractivity contribution in [3.8, 4) is 6.07 Å². The number of nitrogens with zero attached hydrogens (tertiary/aromatic N) is 2. The fourth-order valence-electron chi connectivity index (χ4n) is 1.48. The predicted molar refractivity (Wildman–Crippen MR) is 67.1 cm³/mol. The second kappa shape index (κ2) is 4.99. The van der Waals surface area contributed by atoms with Crippen molar-refractivity contribution in [1.82, 2.24) is 4.98 Å². The molecule has 4 heteroatoms. The number of rotatable bonds is 3. The maximum Gasteiger partial charge on any atom is 0.0992 e. The molecular weight excluding hydrogens is 212 g/mol. The Labute approximate surface area is 99.7 Å². The lowest BCUT2D eigenvalue weighted by molar-refractivity contribution is 1.13. The number of nitrogens with one attached hydrogen (secondary N) is 1. The summed E-state index contributed by atoms with van der Waals surface area (Å²) in [6.07, 6.45) is 3.48. The third-order valence-corrected chi connectivity index (χ3v) is 2.41. The van der Waals surface area contributed by atoms with Gasteiger partial charge in [-0.05, 0) is 35.9 Å². The normalized spacial score (nSPS) is 9.59. The first-order chi connectivity index (χ1) is 8.29. The second-order valence-electron chi connectivity index (χ2n) is 3.62. The third kappa shape index (κ3) is 2.73. The van der Waals surface area contributed by atoms with E-state index in [4.69, 9.17) is 11.0 Å². The lowest BCUT2D eigenvalue weighted by Gasteiger charge is -2.09. The van der Waals surface area contributed by atoms with Crippen LogP contribution in [0.3, 0.4) is 0 Å². The lowest BCUT2D eigenvalue weighted by atomic mass is 10.2. The monoisotopic (exact) mass is 224 g/mol. The maximum absolute atomic E-state index is 8.81. The number of hydrogen-bond acceptors (Lipinski definition) is 4. The largest absolute Gasteiger partial charge is 0.397 e. The minimum Gasteiger partial charge on any atom is -0.397 e. The Morgan fingerprint density at radius 3 is 2.71 bits per heavy atom. The second-order valence-corrected chi connectivity index (χ2v) is 3.62. The molecule has 0 fully saturated rings. The zero-order chi connectivity index (χ0) is 12.1. The first-order valence-electron chi connectivity index (χ1n) is 5.22. The van der Waals surface area contributed by atoms with Crippen LogP contribution in [-0.2, 0) is 6.54 Å². The predicted octanol–water partition coefficient (Wildman–Crippen LogP) is 2.15.